The molecule has 0 saturated carbocycles. The van der Waals surface area contributed by atoms with Gasteiger partial charge in [-0.05, 0) is 75.2 Å². The number of carbonyl (C=O) groups excluding carboxylic acids is 1. The molecule has 0 aliphatic carbocycles. The van der Waals surface area contributed by atoms with Gasteiger partial charge >= 0.3 is 0 Å². The molecule has 1 N–H and O–H groups in total. The van der Waals surface area contributed by atoms with Gasteiger partial charge in [-0.2, -0.15) is 5.10 Å². The van der Waals surface area contributed by atoms with Gasteiger partial charge < -0.3 is 14.2 Å². The van der Waals surface area contributed by atoms with Crippen LogP contribution < -0.4 is 15.1 Å². The Labute approximate surface area is 201 Å². The van der Waals surface area contributed by atoms with Crippen molar-refractivity contribution in [3.8, 4) is 11.4 Å². The molecular weight excluding hydrogens is 424 g/mol. The number of fused-ring (bicyclic) bond motifs is 1. The standard InChI is InChI=1S/C28H32N4O2/c1-6-13-32-25-17-26(34-5)22(16-24(25)20(2)18-28(32,3)4)19-29-30-27(33)21-9-11-23(12-10-21)31-14-7-8-15-31/h7-12,14-19H,6,13H2,1-5H3,(H,30,33)/b29-19+. The van der Waals surface area contributed by atoms with Crippen LogP contribution in [0.4, 0.5) is 5.69 Å². The van der Waals surface area contributed by atoms with Crippen molar-refractivity contribution < 1.29 is 9.53 Å². The number of rotatable bonds is 7. The van der Waals surface area contributed by atoms with E-state index in [4.69, 9.17) is 4.74 Å². The molecule has 6 heteroatoms. The fourth-order valence-electron chi connectivity index (χ4n) is 4.55. The quantitative estimate of drug-likeness (QED) is 0.369. The Kier molecular flexibility index (Phi) is 6.59. The van der Waals surface area contributed by atoms with Crippen molar-refractivity contribution in [1.82, 2.24) is 9.99 Å². The van der Waals surface area contributed by atoms with Gasteiger partial charge in [0.1, 0.15) is 5.75 Å². The Morgan fingerprint density at radius 1 is 1.15 bits per heavy atom. The molecule has 1 aromatic heterocycles. The monoisotopic (exact) mass is 456 g/mol. The van der Waals surface area contributed by atoms with E-state index in [1.807, 2.05) is 41.2 Å². The van der Waals surface area contributed by atoms with Gasteiger partial charge in [-0.3, -0.25) is 4.79 Å². The number of hydrogen-bond donors (Lipinski definition) is 1. The van der Waals surface area contributed by atoms with Crippen LogP contribution in [0.15, 0.2) is 72.1 Å². The van der Waals surface area contributed by atoms with Crippen molar-refractivity contribution >= 4 is 23.4 Å². The SMILES string of the molecule is CCCN1c2cc(OC)c(/C=N/NC(=O)c3ccc(-n4cccc4)cc3)cc2C(C)=CC1(C)C. The average molecular weight is 457 g/mol. The number of hydrogen-bond acceptors (Lipinski definition) is 4. The molecule has 3 aromatic rings. The number of hydrazone groups is 1. The van der Waals surface area contributed by atoms with Crippen LogP contribution in [-0.4, -0.2) is 35.9 Å². The van der Waals surface area contributed by atoms with Gasteiger partial charge in [0.25, 0.3) is 5.91 Å². The van der Waals surface area contributed by atoms with Gasteiger partial charge in [-0.1, -0.05) is 13.0 Å². The minimum absolute atomic E-state index is 0.0708. The van der Waals surface area contributed by atoms with E-state index in [-0.39, 0.29) is 11.4 Å². The summed E-state index contributed by atoms with van der Waals surface area (Å²) in [6, 6.07) is 15.5. The molecule has 176 valence electrons. The Hall–Kier alpha value is -3.80. The predicted octanol–water partition coefficient (Wildman–Crippen LogP) is 5.66. The van der Waals surface area contributed by atoms with Gasteiger partial charge in [-0.15, -0.1) is 0 Å². The number of benzene rings is 2. The number of carbonyl (C=O) groups is 1. The fraction of sp³-hybridized carbons (Fsp3) is 0.286. The molecule has 1 amide bonds. The number of aromatic nitrogens is 1. The lowest BCUT2D eigenvalue weighted by Crippen LogP contribution is -2.45. The Morgan fingerprint density at radius 2 is 1.85 bits per heavy atom. The Morgan fingerprint density at radius 3 is 2.50 bits per heavy atom. The number of methoxy groups -OCH3 is 1. The van der Waals surface area contributed by atoms with Gasteiger partial charge in [0.2, 0.25) is 0 Å². The predicted molar refractivity (Wildman–Crippen MR) is 139 cm³/mol. The van der Waals surface area contributed by atoms with Crippen molar-refractivity contribution in [1.29, 1.82) is 0 Å². The lowest BCUT2D eigenvalue weighted by atomic mass is 9.87. The minimum atomic E-state index is -0.265. The highest BCUT2D eigenvalue weighted by Crippen LogP contribution is 2.41. The van der Waals surface area contributed by atoms with Crippen LogP contribution >= 0.6 is 0 Å². The Bertz CT molecular complexity index is 1220. The normalized spacial score (nSPS) is 14.6. The lowest BCUT2D eigenvalue weighted by Gasteiger charge is -2.43. The number of nitrogens with zero attached hydrogens (tertiary/aromatic N) is 3. The molecule has 2 heterocycles. The van der Waals surface area contributed by atoms with E-state index in [2.05, 4.69) is 61.3 Å². The third kappa shape index (κ3) is 4.62. The number of allylic oxidation sites excluding steroid dienone is 1. The van der Waals surface area contributed by atoms with Crippen LogP contribution in [0, 0.1) is 0 Å². The second-order valence-electron chi connectivity index (χ2n) is 9.08. The fourth-order valence-corrected chi connectivity index (χ4v) is 4.55. The summed E-state index contributed by atoms with van der Waals surface area (Å²) < 4.78 is 7.67. The molecule has 1 aliphatic heterocycles. The molecule has 0 spiro atoms. The third-order valence-corrected chi connectivity index (χ3v) is 6.18. The largest absolute Gasteiger partial charge is 0.496 e. The second-order valence-corrected chi connectivity index (χ2v) is 9.08. The van der Waals surface area contributed by atoms with E-state index in [0.717, 1.165) is 41.2 Å². The maximum absolute atomic E-state index is 12.6. The van der Waals surface area contributed by atoms with E-state index in [9.17, 15) is 4.79 Å². The molecular formula is C28H32N4O2. The molecule has 2 aromatic carbocycles. The van der Waals surface area contributed by atoms with Crippen LogP contribution in [0.5, 0.6) is 5.75 Å². The number of ether oxygens (including phenoxy) is 1. The van der Waals surface area contributed by atoms with Crippen LogP contribution in [0.25, 0.3) is 11.3 Å². The summed E-state index contributed by atoms with van der Waals surface area (Å²) in [6.07, 6.45) is 8.93. The molecule has 0 saturated heterocycles. The molecule has 0 fully saturated rings. The summed E-state index contributed by atoms with van der Waals surface area (Å²) in [5.74, 6) is 0.457. The van der Waals surface area contributed by atoms with Gasteiger partial charge in [0.15, 0.2) is 0 Å². The molecule has 4 rings (SSSR count). The summed E-state index contributed by atoms with van der Waals surface area (Å²) in [4.78, 5) is 15.0. The van der Waals surface area contributed by atoms with E-state index in [0.29, 0.717) is 5.56 Å². The van der Waals surface area contributed by atoms with Crippen LogP contribution in [-0.2, 0) is 0 Å². The maximum Gasteiger partial charge on any atom is 0.271 e. The van der Waals surface area contributed by atoms with Gasteiger partial charge in [0.05, 0.1) is 18.9 Å². The Balaban J connectivity index is 1.54. The molecule has 6 nitrogen and oxygen atoms in total. The second kappa shape index (κ2) is 9.59. The molecule has 0 radical (unpaired) electrons. The highest BCUT2D eigenvalue weighted by Gasteiger charge is 2.31. The first-order valence-corrected chi connectivity index (χ1v) is 11.6. The molecule has 34 heavy (non-hydrogen) atoms. The first kappa shape index (κ1) is 23.4. The van der Waals surface area contributed by atoms with Crippen LogP contribution in [0.3, 0.4) is 0 Å². The first-order valence-electron chi connectivity index (χ1n) is 11.6. The van der Waals surface area contributed by atoms with Crippen molar-refractivity contribution in [2.75, 3.05) is 18.6 Å². The molecule has 0 unspecified atom stereocenters. The zero-order valence-electron chi connectivity index (χ0n) is 20.5. The summed E-state index contributed by atoms with van der Waals surface area (Å²) >= 11 is 0. The molecule has 0 bridgehead atoms. The zero-order chi connectivity index (χ0) is 24.3. The minimum Gasteiger partial charge on any atom is -0.496 e. The van der Waals surface area contributed by atoms with E-state index < -0.39 is 0 Å². The maximum atomic E-state index is 12.6. The van der Waals surface area contributed by atoms with Crippen LogP contribution in [0.1, 0.15) is 55.6 Å². The average Bonchev–Trinajstić information content (AvgIpc) is 3.36. The van der Waals surface area contributed by atoms with Crippen molar-refractivity contribution in [3.05, 3.63) is 83.7 Å². The zero-order valence-corrected chi connectivity index (χ0v) is 20.5. The van der Waals surface area contributed by atoms with Crippen molar-refractivity contribution in [2.24, 2.45) is 5.10 Å². The summed E-state index contributed by atoms with van der Waals surface area (Å²) in [6.45, 7) is 9.75. The van der Waals surface area contributed by atoms with E-state index in [1.165, 1.54) is 5.57 Å². The summed E-state index contributed by atoms with van der Waals surface area (Å²) in [5.41, 5.74) is 8.44. The van der Waals surface area contributed by atoms with E-state index in [1.54, 1.807) is 25.5 Å². The first-order chi connectivity index (χ1) is 16.3. The number of amides is 1. The smallest absolute Gasteiger partial charge is 0.271 e. The number of nitrogens with one attached hydrogen (secondary N) is 1. The highest BCUT2D eigenvalue weighted by atomic mass is 16.5. The molecule has 1 aliphatic rings. The summed E-state index contributed by atoms with van der Waals surface area (Å²) in [7, 11) is 1.66. The van der Waals surface area contributed by atoms with Gasteiger partial charge in [0, 0.05) is 53.1 Å². The van der Waals surface area contributed by atoms with Crippen molar-refractivity contribution in [3.63, 3.8) is 0 Å². The van der Waals surface area contributed by atoms with Crippen LogP contribution in [0.2, 0.25) is 0 Å². The molecule has 0 atom stereocenters. The summed E-state index contributed by atoms with van der Waals surface area (Å²) in [5, 5.41) is 4.21. The van der Waals surface area contributed by atoms with E-state index >= 15 is 0 Å². The number of anilines is 1. The highest BCUT2D eigenvalue weighted by molar-refractivity contribution is 5.96. The van der Waals surface area contributed by atoms with Crippen molar-refractivity contribution in [2.45, 2.75) is 39.7 Å². The third-order valence-electron chi connectivity index (χ3n) is 6.18. The topological polar surface area (TPSA) is 58.9 Å². The lowest BCUT2D eigenvalue weighted by molar-refractivity contribution is 0.0955. The van der Waals surface area contributed by atoms with Gasteiger partial charge in [-0.25, -0.2) is 5.43 Å².